The number of rotatable bonds is 2. The van der Waals surface area contributed by atoms with Gasteiger partial charge in [0.25, 0.3) is 5.91 Å². The van der Waals surface area contributed by atoms with Crippen molar-refractivity contribution in [3.8, 4) is 0 Å². The molecule has 0 aromatic carbocycles. The van der Waals surface area contributed by atoms with Crippen molar-refractivity contribution in [2.24, 2.45) is 5.73 Å². The van der Waals surface area contributed by atoms with E-state index in [4.69, 9.17) is 5.73 Å². The van der Waals surface area contributed by atoms with Gasteiger partial charge in [0.2, 0.25) is 0 Å². The van der Waals surface area contributed by atoms with Crippen molar-refractivity contribution in [1.82, 2.24) is 5.32 Å². The first-order valence-corrected chi connectivity index (χ1v) is 3.89. The Morgan fingerprint density at radius 3 is 2.58 bits per heavy atom. The maximum Gasteiger partial charge on any atom is 0.256 e. The van der Waals surface area contributed by atoms with Gasteiger partial charge in [0.15, 0.2) is 0 Å². The zero-order chi connectivity index (χ0) is 9.35. The fourth-order valence-corrected chi connectivity index (χ4v) is 1.30. The lowest BCUT2D eigenvalue weighted by Crippen LogP contribution is -2.59. The minimum Gasteiger partial charge on any atom is -0.380 e. The third kappa shape index (κ3) is 1.65. The zero-order valence-electron chi connectivity index (χ0n) is 7.13. The molecule has 0 saturated heterocycles. The first kappa shape index (κ1) is 9.22. The van der Waals surface area contributed by atoms with Crippen LogP contribution >= 0.6 is 0 Å². The summed E-state index contributed by atoms with van der Waals surface area (Å²) in [5, 5.41) is 12.0. The van der Waals surface area contributed by atoms with E-state index in [0.29, 0.717) is 18.5 Å². The molecule has 0 atom stereocenters. The Balaban J connectivity index is 2.48. The van der Waals surface area contributed by atoms with Crippen LogP contribution in [0.5, 0.6) is 0 Å². The molecular formula is C8H14N2O2. The quantitative estimate of drug-likeness (QED) is 0.522. The highest BCUT2D eigenvalue weighted by molar-refractivity contribution is 5.87. The van der Waals surface area contributed by atoms with Gasteiger partial charge in [-0.1, -0.05) is 6.58 Å². The van der Waals surface area contributed by atoms with Gasteiger partial charge in [-0.3, -0.25) is 4.79 Å². The smallest absolute Gasteiger partial charge is 0.256 e. The molecule has 68 valence electrons. The summed E-state index contributed by atoms with van der Waals surface area (Å²) in [6.07, 6.45) is 0.679. The molecule has 12 heavy (non-hydrogen) atoms. The molecule has 0 bridgehead atoms. The standard InChI is InChI=1S/C8H14N2O2/c1-5(2)10-7(11)8(12)3-6(9)4-8/h6,12H,1,3-4,9H2,2H3,(H,10,11). The third-order valence-electron chi connectivity index (χ3n) is 1.95. The second-order valence-corrected chi connectivity index (χ2v) is 3.43. The molecule has 1 aliphatic carbocycles. The first-order valence-electron chi connectivity index (χ1n) is 3.89. The van der Waals surface area contributed by atoms with Crippen molar-refractivity contribution in [3.63, 3.8) is 0 Å². The predicted molar refractivity (Wildman–Crippen MR) is 45.1 cm³/mol. The maximum absolute atomic E-state index is 11.2. The van der Waals surface area contributed by atoms with Gasteiger partial charge in [-0.25, -0.2) is 0 Å². The molecule has 1 amide bonds. The molecular weight excluding hydrogens is 156 g/mol. The van der Waals surface area contributed by atoms with Crippen LogP contribution in [0.25, 0.3) is 0 Å². The van der Waals surface area contributed by atoms with E-state index in [0.717, 1.165) is 0 Å². The minimum absolute atomic E-state index is 0.0501. The predicted octanol–water partition coefficient (Wildman–Crippen LogP) is -0.512. The summed E-state index contributed by atoms with van der Waals surface area (Å²) in [5.74, 6) is -0.392. The minimum atomic E-state index is -1.25. The van der Waals surface area contributed by atoms with E-state index < -0.39 is 11.5 Å². The zero-order valence-corrected chi connectivity index (χ0v) is 7.13. The molecule has 1 rings (SSSR count). The van der Waals surface area contributed by atoms with E-state index in [2.05, 4.69) is 11.9 Å². The topological polar surface area (TPSA) is 75.3 Å². The summed E-state index contributed by atoms with van der Waals surface area (Å²) in [4.78, 5) is 11.2. The Labute approximate surface area is 71.4 Å². The third-order valence-corrected chi connectivity index (χ3v) is 1.95. The Kier molecular flexibility index (Phi) is 2.21. The van der Waals surface area contributed by atoms with Crippen LogP contribution in [0.15, 0.2) is 12.3 Å². The van der Waals surface area contributed by atoms with Crippen LogP contribution in [0, 0.1) is 0 Å². The van der Waals surface area contributed by atoms with Gasteiger partial charge in [-0.2, -0.15) is 0 Å². The highest BCUT2D eigenvalue weighted by Gasteiger charge is 2.47. The SMILES string of the molecule is C=C(C)NC(=O)C1(O)CC(N)C1. The molecule has 1 aliphatic rings. The van der Waals surface area contributed by atoms with E-state index in [1.807, 2.05) is 0 Å². The molecule has 4 N–H and O–H groups in total. The van der Waals surface area contributed by atoms with Gasteiger partial charge in [0.1, 0.15) is 5.60 Å². The molecule has 0 radical (unpaired) electrons. The van der Waals surface area contributed by atoms with Crippen LogP contribution in [0.3, 0.4) is 0 Å². The van der Waals surface area contributed by atoms with Crippen LogP contribution in [0.1, 0.15) is 19.8 Å². The van der Waals surface area contributed by atoms with Gasteiger partial charge in [-0.15, -0.1) is 0 Å². The van der Waals surface area contributed by atoms with E-state index in [1.165, 1.54) is 0 Å². The molecule has 0 unspecified atom stereocenters. The molecule has 4 nitrogen and oxygen atoms in total. The Bertz CT molecular complexity index is 219. The van der Waals surface area contributed by atoms with E-state index in [1.54, 1.807) is 6.92 Å². The summed E-state index contributed by atoms with van der Waals surface area (Å²) < 4.78 is 0. The average Bonchev–Trinajstić information content (AvgIpc) is 1.82. The van der Waals surface area contributed by atoms with E-state index in [9.17, 15) is 9.90 Å². The van der Waals surface area contributed by atoms with Crippen LogP contribution in [-0.4, -0.2) is 22.7 Å². The normalized spacial score (nSPS) is 33.8. The summed E-state index contributed by atoms with van der Waals surface area (Å²) >= 11 is 0. The summed E-state index contributed by atoms with van der Waals surface area (Å²) in [7, 11) is 0. The van der Waals surface area contributed by atoms with E-state index in [-0.39, 0.29) is 6.04 Å². The highest BCUT2D eigenvalue weighted by atomic mass is 16.3. The van der Waals surface area contributed by atoms with Gasteiger partial charge in [0, 0.05) is 24.6 Å². The lowest BCUT2D eigenvalue weighted by molar-refractivity contribution is -0.149. The number of allylic oxidation sites excluding steroid dienone is 1. The van der Waals surface area contributed by atoms with Gasteiger partial charge in [0.05, 0.1) is 0 Å². The van der Waals surface area contributed by atoms with Crippen LogP contribution in [-0.2, 0) is 4.79 Å². The number of nitrogens with two attached hydrogens (primary N) is 1. The Hall–Kier alpha value is -0.870. The number of amides is 1. The van der Waals surface area contributed by atoms with Crippen molar-refractivity contribution >= 4 is 5.91 Å². The average molecular weight is 170 g/mol. The van der Waals surface area contributed by atoms with Crippen molar-refractivity contribution < 1.29 is 9.90 Å². The molecule has 0 aromatic heterocycles. The fraction of sp³-hybridized carbons (Fsp3) is 0.625. The molecule has 1 fully saturated rings. The van der Waals surface area contributed by atoms with Crippen LogP contribution < -0.4 is 11.1 Å². The van der Waals surface area contributed by atoms with Gasteiger partial charge in [-0.05, 0) is 6.92 Å². The molecule has 1 saturated carbocycles. The van der Waals surface area contributed by atoms with Crippen LogP contribution in [0.2, 0.25) is 0 Å². The second-order valence-electron chi connectivity index (χ2n) is 3.43. The lowest BCUT2D eigenvalue weighted by Gasteiger charge is -2.39. The van der Waals surface area contributed by atoms with Crippen LogP contribution in [0.4, 0.5) is 0 Å². The Morgan fingerprint density at radius 1 is 1.75 bits per heavy atom. The summed E-state index contributed by atoms with van der Waals surface area (Å²) in [5.41, 5.74) is 4.74. The van der Waals surface area contributed by atoms with Crippen molar-refractivity contribution in [2.45, 2.75) is 31.4 Å². The molecule has 0 aliphatic heterocycles. The van der Waals surface area contributed by atoms with Crippen molar-refractivity contribution in [2.75, 3.05) is 0 Å². The molecule has 4 heteroatoms. The van der Waals surface area contributed by atoms with Gasteiger partial charge >= 0.3 is 0 Å². The summed E-state index contributed by atoms with van der Waals surface area (Å²) in [6, 6.07) is -0.0501. The van der Waals surface area contributed by atoms with Gasteiger partial charge < -0.3 is 16.2 Å². The lowest BCUT2D eigenvalue weighted by atomic mass is 9.75. The number of nitrogens with one attached hydrogen (secondary N) is 1. The number of hydrogen-bond donors (Lipinski definition) is 3. The molecule has 0 aromatic rings. The summed E-state index contributed by atoms with van der Waals surface area (Å²) in [6.45, 7) is 5.18. The number of aliphatic hydroxyl groups is 1. The monoisotopic (exact) mass is 170 g/mol. The molecule has 0 heterocycles. The Morgan fingerprint density at radius 2 is 2.25 bits per heavy atom. The van der Waals surface area contributed by atoms with E-state index >= 15 is 0 Å². The van der Waals surface area contributed by atoms with Crippen molar-refractivity contribution in [1.29, 1.82) is 0 Å². The largest absolute Gasteiger partial charge is 0.380 e. The highest BCUT2D eigenvalue weighted by Crippen LogP contribution is 2.30. The number of carbonyl (C=O) groups is 1. The first-order chi connectivity index (χ1) is 5.44. The van der Waals surface area contributed by atoms with Crippen molar-refractivity contribution in [3.05, 3.63) is 12.3 Å². The maximum atomic E-state index is 11.2. The fourth-order valence-electron chi connectivity index (χ4n) is 1.30. The molecule has 0 spiro atoms. The number of carbonyl (C=O) groups excluding carboxylic acids is 1. The second kappa shape index (κ2) is 2.88. The number of hydrogen-bond acceptors (Lipinski definition) is 3.